The molecule has 2 aromatic carbocycles. The lowest BCUT2D eigenvalue weighted by atomic mass is 10.2. The van der Waals surface area contributed by atoms with Crippen molar-refractivity contribution in [1.82, 2.24) is 18.7 Å². The number of aryl methyl sites for hydroxylation is 1. The summed E-state index contributed by atoms with van der Waals surface area (Å²) in [5.74, 6) is 1.26. The molecule has 0 radical (unpaired) electrons. The fourth-order valence-electron chi connectivity index (χ4n) is 3.21. The van der Waals surface area contributed by atoms with Crippen molar-refractivity contribution in [2.75, 3.05) is 7.11 Å². The number of nitrogens with zero attached hydrogens (tertiary/aromatic N) is 4. The summed E-state index contributed by atoms with van der Waals surface area (Å²) in [5.41, 5.74) is 0.556. The molecule has 0 saturated heterocycles. The third-order valence-electron chi connectivity index (χ3n) is 4.81. The molecule has 0 unspecified atom stereocenters. The lowest BCUT2D eigenvalue weighted by Gasteiger charge is -2.11. The first kappa shape index (κ1) is 20.0. The van der Waals surface area contributed by atoms with Gasteiger partial charge in [0, 0.05) is 18.6 Å². The van der Waals surface area contributed by atoms with Crippen LogP contribution in [0.15, 0.2) is 62.6 Å². The van der Waals surface area contributed by atoms with Crippen LogP contribution in [0.3, 0.4) is 0 Å². The van der Waals surface area contributed by atoms with E-state index < -0.39 is 11.2 Å². The highest BCUT2D eigenvalue weighted by Crippen LogP contribution is 2.26. The summed E-state index contributed by atoms with van der Waals surface area (Å²) >= 11 is 3.40. The van der Waals surface area contributed by atoms with E-state index in [0.717, 1.165) is 14.6 Å². The second kappa shape index (κ2) is 7.83. The quantitative estimate of drug-likeness (QED) is 0.447. The predicted molar refractivity (Wildman–Crippen MR) is 117 cm³/mol. The van der Waals surface area contributed by atoms with E-state index >= 15 is 0 Å². The summed E-state index contributed by atoms with van der Waals surface area (Å²) in [6.07, 6.45) is 0. The molecule has 30 heavy (non-hydrogen) atoms. The van der Waals surface area contributed by atoms with Crippen LogP contribution < -0.4 is 20.7 Å². The van der Waals surface area contributed by atoms with Crippen LogP contribution in [0.4, 0.5) is 0 Å². The second-order valence-electron chi connectivity index (χ2n) is 6.77. The van der Waals surface area contributed by atoms with Crippen molar-refractivity contribution in [2.45, 2.75) is 6.54 Å². The summed E-state index contributed by atoms with van der Waals surface area (Å²) in [5, 5.41) is 0. The van der Waals surface area contributed by atoms with Gasteiger partial charge in [0.15, 0.2) is 11.2 Å². The van der Waals surface area contributed by atoms with E-state index in [9.17, 15) is 9.59 Å². The van der Waals surface area contributed by atoms with E-state index in [4.69, 9.17) is 9.47 Å². The normalized spacial score (nSPS) is 11.1. The average Bonchev–Trinajstić information content (AvgIpc) is 3.10. The van der Waals surface area contributed by atoms with Crippen LogP contribution in [0.2, 0.25) is 0 Å². The highest BCUT2D eigenvalue weighted by Gasteiger charge is 2.21. The van der Waals surface area contributed by atoms with Gasteiger partial charge in [-0.25, -0.2) is 4.79 Å². The SMILES string of the molecule is COc1cccc(Cn2c(Oc3ccc(Br)cc3)nc3c2c(=O)n(C)c(=O)n3C)c1. The van der Waals surface area contributed by atoms with Gasteiger partial charge in [-0.2, -0.15) is 4.98 Å². The zero-order valence-electron chi connectivity index (χ0n) is 16.6. The van der Waals surface area contributed by atoms with Gasteiger partial charge in [0.1, 0.15) is 11.5 Å². The maximum absolute atomic E-state index is 12.9. The van der Waals surface area contributed by atoms with Gasteiger partial charge in [-0.1, -0.05) is 28.1 Å². The molecule has 2 aromatic heterocycles. The first-order valence-electron chi connectivity index (χ1n) is 9.11. The van der Waals surface area contributed by atoms with Gasteiger partial charge >= 0.3 is 11.7 Å². The molecule has 0 bridgehead atoms. The number of fused-ring (bicyclic) bond motifs is 1. The molecule has 0 atom stereocenters. The zero-order valence-corrected chi connectivity index (χ0v) is 18.2. The number of benzene rings is 2. The molecule has 8 nitrogen and oxygen atoms in total. The zero-order chi connectivity index (χ0) is 21.4. The van der Waals surface area contributed by atoms with Crippen LogP contribution in [-0.2, 0) is 20.6 Å². The summed E-state index contributed by atoms with van der Waals surface area (Å²) < 4.78 is 16.3. The van der Waals surface area contributed by atoms with Gasteiger partial charge in [0.05, 0.1) is 13.7 Å². The minimum Gasteiger partial charge on any atom is -0.497 e. The Hall–Kier alpha value is -3.33. The maximum atomic E-state index is 12.9. The lowest BCUT2D eigenvalue weighted by molar-refractivity contribution is 0.412. The van der Waals surface area contributed by atoms with Crippen LogP contribution in [0, 0.1) is 0 Å². The molecule has 0 spiro atoms. The minimum absolute atomic E-state index is 0.216. The second-order valence-corrected chi connectivity index (χ2v) is 7.68. The molecule has 0 aliphatic heterocycles. The number of imidazole rings is 1. The average molecular weight is 471 g/mol. The van der Waals surface area contributed by atoms with Gasteiger partial charge < -0.3 is 9.47 Å². The fraction of sp³-hybridized carbons (Fsp3) is 0.190. The Morgan fingerprint density at radius 2 is 1.73 bits per heavy atom. The molecular formula is C21H19BrN4O4. The van der Waals surface area contributed by atoms with Crippen molar-refractivity contribution >= 4 is 27.1 Å². The van der Waals surface area contributed by atoms with Gasteiger partial charge in [-0.3, -0.25) is 18.5 Å². The van der Waals surface area contributed by atoms with E-state index in [1.807, 2.05) is 36.4 Å². The molecule has 0 aliphatic carbocycles. The first-order valence-corrected chi connectivity index (χ1v) is 9.91. The molecule has 0 saturated carbocycles. The van der Waals surface area contributed by atoms with E-state index in [-0.39, 0.29) is 17.2 Å². The molecule has 9 heteroatoms. The molecule has 0 aliphatic rings. The van der Waals surface area contributed by atoms with E-state index in [1.54, 1.807) is 30.9 Å². The van der Waals surface area contributed by atoms with Crippen molar-refractivity contribution in [3.05, 3.63) is 79.4 Å². The molecule has 4 aromatic rings. The maximum Gasteiger partial charge on any atom is 0.332 e. The van der Waals surface area contributed by atoms with Crippen molar-refractivity contribution in [3.8, 4) is 17.5 Å². The minimum atomic E-state index is -0.450. The van der Waals surface area contributed by atoms with Gasteiger partial charge in [0.25, 0.3) is 5.56 Å². The van der Waals surface area contributed by atoms with Crippen LogP contribution >= 0.6 is 15.9 Å². The third kappa shape index (κ3) is 3.52. The Bertz CT molecular complexity index is 1350. The highest BCUT2D eigenvalue weighted by molar-refractivity contribution is 9.10. The van der Waals surface area contributed by atoms with Crippen molar-refractivity contribution < 1.29 is 9.47 Å². The van der Waals surface area contributed by atoms with E-state index in [1.165, 1.54) is 11.6 Å². The largest absolute Gasteiger partial charge is 0.497 e. The van der Waals surface area contributed by atoms with Gasteiger partial charge in [-0.05, 0) is 42.0 Å². The molecule has 154 valence electrons. The number of hydrogen-bond acceptors (Lipinski definition) is 5. The topological polar surface area (TPSA) is 80.3 Å². The van der Waals surface area contributed by atoms with Crippen molar-refractivity contribution in [3.63, 3.8) is 0 Å². The van der Waals surface area contributed by atoms with Crippen molar-refractivity contribution in [2.24, 2.45) is 14.1 Å². The first-order chi connectivity index (χ1) is 14.4. The molecular weight excluding hydrogens is 452 g/mol. The van der Waals surface area contributed by atoms with E-state index in [0.29, 0.717) is 18.0 Å². The Kier molecular flexibility index (Phi) is 5.21. The number of methoxy groups -OCH3 is 1. The predicted octanol–water partition coefficient (Wildman–Crippen LogP) is 3.05. The number of rotatable bonds is 5. The van der Waals surface area contributed by atoms with Crippen LogP contribution in [0.1, 0.15) is 5.56 Å². The molecule has 0 N–H and O–H groups in total. The molecule has 4 rings (SSSR count). The molecule has 0 amide bonds. The summed E-state index contributed by atoms with van der Waals surface area (Å²) in [7, 11) is 4.62. The third-order valence-corrected chi connectivity index (χ3v) is 5.34. The molecule has 0 fully saturated rings. The summed E-state index contributed by atoms with van der Waals surface area (Å²) in [6, 6.07) is 15.0. The standard InChI is InChI=1S/C21H19BrN4O4/c1-24-18-17(19(27)25(2)21(24)28)26(12-13-5-4-6-16(11-13)29-3)20(23-18)30-15-9-7-14(22)8-10-15/h4-11H,12H2,1-3H3. The Morgan fingerprint density at radius 1 is 1.00 bits per heavy atom. The fourth-order valence-corrected chi connectivity index (χ4v) is 3.48. The number of halogens is 1. The van der Waals surface area contributed by atoms with Crippen LogP contribution in [-0.4, -0.2) is 25.8 Å². The lowest BCUT2D eigenvalue weighted by Crippen LogP contribution is -2.37. The van der Waals surface area contributed by atoms with Crippen LogP contribution in [0.5, 0.6) is 17.5 Å². The summed E-state index contributed by atoms with van der Waals surface area (Å²) in [6.45, 7) is 0.313. The Morgan fingerprint density at radius 3 is 2.43 bits per heavy atom. The Balaban J connectivity index is 1.92. The number of ether oxygens (including phenoxy) is 2. The van der Waals surface area contributed by atoms with Gasteiger partial charge in [0.2, 0.25) is 0 Å². The van der Waals surface area contributed by atoms with E-state index in [2.05, 4.69) is 20.9 Å². The number of hydrogen-bond donors (Lipinski definition) is 0. The van der Waals surface area contributed by atoms with Gasteiger partial charge in [-0.15, -0.1) is 0 Å². The number of aromatic nitrogens is 4. The summed E-state index contributed by atoms with van der Waals surface area (Å²) in [4.78, 5) is 29.8. The monoisotopic (exact) mass is 470 g/mol. The highest BCUT2D eigenvalue weighted by atomic mass is 79.9. The molecule has 2 heterocycles. The van der Waals surface area contributed by atoms with Crippen molar-refractivity contribution in [1.29, 1.82) is 0 Å². The smallest absolute Gasteiger partial charge is 0.332 e. The Labute approximate surface area is 180 Å². The van der Waals surface area contributed by atoms with Crippen LogP contribution in [0.25, 0.3) is 11.2 Å².